The number of benzene rings is 2. The Kier molecular flexibility index (Phi) is 6.33. The number of piperidine rings is 1. The smallest absolute Gasteiger partial charge is 0.254 e. The topological polar surface area (TPSA) is 66.5 Å². The van der Waals surface area contributed by atoms with Crippen LogP contribution in [0.3, 0.4) is 0 Å². The highest BCUT2D eigenvalue weighted by atomic mass is 32.2. The van der Waals surface area contributed by atoms with Crippen molar-refractivity contribution in [3.8, 4) is 0 Å². The average molecular weight is 422 g/mol. The Balaban J connectivity index is 1.79. The molecule has 0 unspecified atom stereocenters. The first-order chi connectivity index (χ1) is 13.7. The standard InChI is InChI=1S/C21H24F2N2O3S/c1-14-9-15(2)13-25(12-14)29(27,28)18-7-8-20(23)19(10-18)21(26)24-11-16-3-5-17(22)6-4-16/h3-8,10,14-15H,9,11-13H2,1-2H3,(H,24,26)/t14-,15-/m0/s1. The van der Waals surface area contributed by atoms with Crippen molar-refractivity contribution >= 4 is 15.9 Å². The van der Waals surface area contributed by atoms with E-state index in [1.807, 2.05) is 13.8 Å². The Morgan fingerprint density at radius 1 is 1.07 bits per heavy atom. The highest BCUT2D eigenvalue weighted by molar-refractivity contribution is 7.89. The van der Waals surface area contributed by atoms with Crippen LogP contribution in [0.1, 0.15) is 36.2 Å². The van der Waals surface area contributed by atoms with Gasteiger partial charge < -0.3 is 5.32 Å². The number of sulfonamides is 1. The van der Waals surface area contributed by atoms with Crippen molar-refractivity contribution in [1.29, 1.82) is 0 Å². The third kappa shape index (κ3) is 5.00. The van der Waals surface area contributed by atoms with E-state index >= 15 is 0 Å². The highest BCUT2D eigenvalue weighted by Crippen LogP contribution is 2.27. The SMILES string of the molecule is C[C@H]1C[C@H](C)CN(S(=O)(=O)c2ccc(F)c(C(=O)NCc3ccc(F)cc3)c2)C1. The Labute approximate surface area is 169 Å². The lowest BCUT2D eigenvalue weighted by atomic mass is 9.94. The summed E-state index contributed by atoms with van der Waals surface area (Å²) in [5.74, 6) is -1.48. The predicted molar refractivity (Wildman–Crippen MR) is 106 cm³/mol. The van der Waals surface area contributed by atoms with E-state index in [1.165, 1.54) is 34.6 Å². The van der Waals surface area contributed by atoms with Gasteiger partial charge in [0.05, 0.1) is 10.5 Å². The van der Waals surface area contributed by atoms with Crippen LogP contribution in [0, 0.1) is 23.5 Å². The molecule has 0 aliphatic carbocycles. The van der Waals surface area contributed by atoms with Gasteiger partial charge in [-0.3, -0.25) is 4.79 Å². The van der Waals surface area contributed by atoms with Gasteiger partial charge >= 0.3 is 0 Å². The molecule has 1 amide bonds. The minimum atomic E-state index is -3.83. The molecule has 1 aliphatic rings. The normalized spacial score (nSPS) is 20.4. The summed E-state index contributed by atoms with van der Waals surface area (Å²) in [4.78, 5) is 12.3. The molecule has 0 saturated carbocycles. The van der Waals surface area contributed by atoms with Gasteiger partial charge in [-0.2, -0.15) is 4.31 Å². The number of hydrogen-bond acceptors (Lipinski definition) is 3. The van der Waals surface area contributed by atoms with Gasteiger partial charge in [0.1, 0.15) is 11.6 Å². The minimum Gasteiger partial charge on any atom is -0.348 e. The van der Waals surface area contributed by atoms with Crippen LogP contribution in [-0.2, 0) is 16.6 Å². The van der Waals surface area contributed by atoms with Gasteiger partial charge in [-0.15, -0.1) is 0 Å². The number of rotatable bonds is 5. The molecule has 156 valence electrons. The maximum absolute atomic E-state index is 14.2. The number of amides is 1. The summed E-state index contributed by atoms with van der Waals surface area (Å²) in [5, 5.41) is 2.54. The predicted octanol–water partition coefficient (Wildman–Crippen LogP) is 3.56. The fraction of sp³-hybridized carbons (Fsp3) is 0.381. The first-order valence-electron chi connectivity index (χ1n) is 9.49. The zero-order valence-corrected chi connectivity index (χ0v) is 17.2. The molecule has 0 spiro atoms. The molecule has 2 aromatic rings. The van der Waals surface area contributed by atoms with E-state index in [1.54, 1.807) is 0 Å². The summed E-state index contributed by atoms with van der Waals surface area (Å²) in [6.45, 7) is 4.86. The van der Waals surface area contributed by atoms with Crippen molar-refractivity contribution in [2.45, 2.75) is 31.7 Å². The molecule has 0 aromatic heterocycles. The molecule has 3 rings (SSSR count). The van der Waals surface area contributed by atoms with Crippen molar-refractivity contribution in [2.24, 2.45) is 11.8 Å². The van der Waals surface area contributed by atoms with E-state index in [9.17, 15) is 22.0 Å². The minimum absolute atomic E-state index is 0.0662. The van der Waals surface area contributed by atoms with Crippen LogP contribution in [-0.4, -0.2) is 31.7 Å². The molecule has 1 N–H and O–H groups in total. The Morgan fingerprint density at radius 2 is 1.69 bits per heavy atom. The quantitative estimate of drug-likeness (QED) is 0.801. The van der Waals surface area contributed by atoms with Gasteiger partial charge in [-0.1, -0.05) is 26.0 Å². The maximum Gasteiger partial charge on any atom is 0.254 e. The van der Waals surface area contributed by atoms with Crippen molar-refractivity contribution in [2.75, 3.05) is 13.1 Å². The van der Waals surface area contributed by atoms with Gasteiger partial charge in [0.25, 0.3) is 5.91 Å². The molecular formula is C21H24F2N2O3S. The van der Waals surface area contributed by atoms with Gasteiger partial charge in [0, 0.05) is 19.6 Å². The highest BCUT2D eigenvalue weighted by Gasteiger charge is 2.32. The molecule has 1 aliphatic heterocycles. The Morgan fingerprint density at radius 3 is 2.31 bits per heavy atom. The second kappa shape index (κ2) is 8.59. The molecule has 1 heterocycles. The first kappa shape index (κ1) is 21.4. The lowest BCUT2D eigenvalue weighted by Gasteiger charge is -2.34. The van der Waals surface area contributed by atoms with Crippen LogP contribution >= 0.6 is 0 Å². The number of halogens is 2. The molecule has 0 radical (unpaired) electrons. The summed E-state index contributed by atoms with van der Waals surface area (Å²) < 4.78 is 54.6. The third-order valence-corrected chi connectivity index (χ3v) is 6.85. The van der Waals surface area contributed by atoms with Crippen LogP contribution in [0.25, 0.3) is 0 Å². The third-order valence-electron chi connectivity index (χ3n) is 5.02. The fourth-order valence-electron chi connectivity index (χ4n) is 3.67. The molecule has 1 saturated heterocycles. The van der Waals surface area contributed by atoms with E-state index in [4.69, 9.17) is 0 Å². The summed E-state index contributed by atoms with van der Waals surface area (Å²) in [6, 6.07) is 8.79. The molecule has 5 nitrogen and oxygen atoms in total. The summed E-state index contributed by atoms with van der Waals surface area (Å²) >= 11 is 0. The van der Waals surface area contributed by atoms with E-state index in [0.29, 0.717) is 18.7 Å². The molecule has 29 heavy (non-hydrogen) atoms. The van der Waals surface area contributed by atoms with Crippen molar-refractivity contribution in [3.05, 3.63) is 65.2 Å². The fourth-order valence-corrected chi connectivity index (χ4v) is 5.38. The lowest BCUT2D eigenvalue weighted by molar-refractivity contribution is 0.0946. The molecule has 1 fully saturated rings. The molecule has 8 heteroatoms. The van der Waals surface area contributed by atoms with E-state index in [2.05, 4.69) is 5.32 Å². The summed E-state index contributed by atoms with van der Waals surface area (Å²) in [7, 11) is -3.83. The van der Waals surface area contributed by atoms with Gasteiger partial charge in [0.15, 0.2) is 0 Å². The van der Waals surface area contributed by atoms with Crippen LogP contribution in [0.5, 0.6) is 0 Å². The molecule has 0 bridgehead atoms. The van der Waals surface area contributed by atoms with Crippen LogP contribution in [0.2, 0.25) is 0 Å². The second-order valence-corrected chi connectivity index (χ2v) is 9.66. The van der Waals surface area contributed by atoms with Gasteiger partial charge in [0.2, 0.25) is 10.0 Å². The number of nitrogens with zero attached hydrogens (tertiary/aromatic N) is 1. The summed E-state index contributed by atoms with van der Waals surface area (Å²) in [5.41, 5.74) is 0.298. The van der Waals surface area contributed by atoms with Gasteiger partial charge in [-0.25, -0.2) is 17.2 Å². The van der Waals surface area contributed by atoms with Crippen molar-refractivity contribution in [3.63, 3.8) is 0 Å². The number of carbonyl (C=O) groups excluding carboxylic acids is 1. The summed E-state index contributed by atoms with van der Waals surface area (Å²) in [6.07, 6.45) is 0.951. The molecule has 2 aromatic carbocycles. The average Bonchev–Trinajstić information content (AvgIpc) is 2.66. The van der Waals surface area contributed by atoms with Crippen LogP contribution in [0.4, 0.5) is 8.78 Å². The number of hydrogen-bond donors (Lipinski definition) is 1. The Hall–Kier alpha value is -2.32. The second-order valence-electron chi connectivity index (χ2n) is 7.72. The van der Waals surface area contributed by atoms with E-state index < -0.39 is 27.6 Å². The van der Waals surface area contributed by atoms with E-state index in [0.717, 1.165) is 18.6 Å². The van der Waals surface area contributed by atoms with Crippen molar-refractivity contribution in [1.82, 2.24) is 9.62 Å². The largest absolute Gasteiger partial charge is 0.348 e. The zero-order valence-electron chi connectivity index (χ0n) is 16.4. The monoisotopic (exact) mass is 422 g/mol. The number of nitrogens with one attached hydrogen (secondary N) is 1. The van der Waals surface area contributed by atoms with Crippen LogP contribution < -0.4 is 5.32 Å². The first-order valence-corrected chi connectivity index (χ1v) is 10.9. The molecule has 2 atom stereocenters. The molecular weight excluding hydrogens is 398 g/mol. The van der Waals surface area contributed by atoms with Gasteiger partial charge in [-0.05, 0) is 54.2 Å². The van der Waals surface area contributed by atoms with Crippen LogP contribution in [0.15, 0.2) is 47.4 Å². The van der Waals surface area contributed by atoms with E-state index in [-0.39, 0.29) is 28.8 Å². The lowest BCUT2D eigenvalue weighted by Crippen LogP contribution is -2.42. The maximum atomic E-state index is 14.2. The Bertz CT molecular complexity index is 983. The van der Waals surface area contributed by atoms with Crippen molar-refractivity contribution < 1.29 is 22.0 Å². The zero-order chi connectivity index (χ0) is 21.2. The number of carbonyl (C=O) groups is 1.